The van der Waals surface area contributed by atoms with Crippen LogP contribution < -0.4 is 5.32 Å². The van der Waals surface area contributed by atoms with Gasteiger partial charge in [0.1, 0.15) is 5.82 Å². The highest BCUT2D eigenvalue weighted by atomic mass is 32.2. The Morgan fingerprint density at radius 1 is 1.39 bits per heavy atom. The number of benzene rings is 1. The smallest absolute Gasteiger partial charge is 0.216 e. The minimum Gasteiger partial charge on any atom is -0.310 e. The normalized spacial score (nSPS) is 23.4. The lowest BCUT2D eigenvalue weighted by Gasteiger charge is -2.37. The Hall–Kier alpha value is -0.980. The van der Waals surface area contributed by atoms with Crippen molar-refractivity contribution >= 4 is 10.0 Å². The summed E-state index contributed by atoms with van der Waals surface area (Å²) in [6.45, 7) is 8.94. The van der Waals surface area contributed by atoms with E-state index >= 15 is 0 Å². The monoisotopic (exact) mass is 342 g/mol. The topological polar surface area (TPSA) is 49.4 Å². The van der Waals surface area contributed by atoms with E-state index in [9.17, 15) is 12.8 Å². The van der Waals surface area contributed by atoms with Crippen LogP contribution in [0.15, 0.2) is 18.2 Å². The fraction of sp³-hybridized carbons (Fsp3) is 0.647. The SMILES string of the molecule is Cc1ccc(CN[C@@H]2CCN(S(=O)(=O)C(C)C)C[C@@H]2C)cc1F. The molecule has 1 aliphatic heterocycles. The van der Waals surface area contributed by atoms with Gasteiger partial charge >= 0.3 is 0 Å². The standard InChI is InChI=1S/C17H27FN2O2S/c1-12(2)23(21,22)20-8-7-17(14(4)11-20)19-10-15-6-5-13(3)16(18)9-15/h5-6,9,12,14,17,19H,7-8,10-11H2,1-4H3/t14-,17+/m0/s1. The lowest BCUT2D eigenvalue weighted by atomic mass is 9.95. The third kappa shape index (κ3) is 4.31. The minimum atomic E-state index is -3.18. The average Bonchev–Trinajstić information content (AvgIpc) is 2.49. The van der Waals surface area contributed by atoms with Crippen molar-refractivity contribution in [1.82, 2.24) is 9.62 Å². The molecule has 1 aromatic rings. The van der Waals surface area contributed by atoms with Crippen LogP contribution in [0.25, 0.3) is 0 Å². The molecule has 2 atom stereocenters. The van der Waals surface area contributed by atoms with E-state index in [1.165, 1.54) is 0 Å². The van der Waals surface area contributed by atoms with Gasteiger partial charge in [-0.05, 0) is 50.3 Å². The largest absolute Gasteiger partial charge is 0.310 e. The maximum absolute atomic E-state index is 13.6. The van der Waals surface area contributed by atoms with Crippen LogP contribution in [0.1, 0.15) is 38.3 Å². The number of hydrogen-bond donors (Lipinski definition) is 1. The number of halogens is 1. The molecule has 6 heteroatoms. The van der Waals surface area contributed by atoms with E-state index < -0.39 is 10.0 Å². The maximum Gasteiger partial charge on any atom is 0.216 e. The van der Waals surface area contributed by atoms with Crippen molar-refractivity contribution < 1.29 is 12.8 Å². The van der Waals surface area contributed by atoms with E-state index in [4.69, 9.17) is 0 Å². The molecule has 1 N–H and O–H groups in total. The maximum atomic E-state index is 13.6. The molecule has 1 fully saturated rings. The first-order chi connectivity index (χ1) is 10.7. The zero-order chi connectivity index (χ0) is 17.2. The second kappa shape index (κ2) is 7.28. The molecule has 2 rings (SSSR count). The van der Waals surface area contributed by atoms with Crippen molar-refractivity contribution in [2.24, 2.45) is 5.92 Å². The van der Waals surface area contributed by atoms with E-state index in [0.717, 1.165) is 12.0 Å². The highest BCUT2D eigenvalue weighted by molar-refractivity contribution is 7.89. The van der Waals surface area contributed by atoms with Crippen molar-refractivity contribution in [3.8, 4) is 0 Å². The van der Waals surface area contributed by atoms with E-state index in [-0.39, 0.29) is 23.0 Å². The van der Waals surface area contributed by atoms with Crippen LogP contribution in [0.5, 0.6) is 0 Å². The molecule has 0 unspecified atom stereocenters. The van der Waals surface area contributed by atoms with Crippen LogP contribution >= 0.6 is 0 Å². The van der Waals surface area contributed by atoms with Crippen LogP contribution in [0, 0.1) is 18.7 Å². The second-order valence-corrected chi connectivity index (χ2v) is 9.28. The number of piperidine rings is 1. The first-order valence-electron chi connectivity index (χ1n) is 8.19. The van der Waals surface area contributed by atoms with Gasteiger partial charge in [-0.15, -0.1) is 0 Å². The van der Waals surface area contributed by atoms with Crippen LogP contribution in [0.4, 0.5) is 4.39 Å². The number of nitrogens with one attached hydrogen (secondary N) is 1. The molecule has 1 saturated heterocycles. The molecule has 0 amide bonds. The molecule has 0 bridgehead atoms. The van der Waals surface area contributed by atoms with Crippen molar-refractivity contribution in [2.75, 3.05) is 13.1 Å². The Kier molecular flexibility index (Phi) is 5.81. The summed E-state index contributed by atoms with van der Waals surface area (Å²) in [5.41, 5.74) is 1.56. The van der Waals surface area contributed by atoms with Crippen LogP contribution in [-0.2, 0) is 16.6 Å². The molecule has 1 heterocycles. The van der Waals surface area contributed by atoms with E-state index in [0.29, 0.717) is 25.2 Å². The fourth-order valence-corrected chi connectivity index (χ4v) is 4.33. The molecular weight excluding hydrogens is 315 g/mol. The summed E-state index contributed by atoms with van der Waals surface area (Å²) < 4.78 is 39.7. The van der Waals surface area contributed by atoms with Crippen LogP contribution in [0.3, 0.4) is 0 Å². The average molecular weight is 342 g/mol. The first-order valence-corrected chi connectivity index (χ1v) is 9.69. The molecular formula is C17H27FN2O2S. The highest BCUT2D eigenvalue weighted by Crippen LogP contribution is 2.22. The van der Waals surface area contributed by atoms with Gasteiger partial charge in [0, 0.05) is 25.7 Å². The van der Waals surface area contributed by atoms with Gasteiger partial charge in [0.25, 0.3) is 0 Å². The number of hydrogen-bond acceptors (Lipinski definition) is 3. The van der Waals surface area contributed by atoms with Crippen molar-refractivity contribution in [3.05, 3.63) is 35.1 Å². The number of rotatable bonds is 5. The van der Waals surface area contributed by atoms with Crippen molar-refractivity contribution in [2.45, 2.75) is 52.0 Å². The van der Waals surface area contributed by atoms with E-state index in [1.807, 2.05) is 6.07 Å². The third-order valence-electron chi connectivity index (χ3n) is 4.63. The van der Waals surface area contributed by atoms with Gasteiger partial charge in [-0.3, -0.25) is 0 Å². The first kappa shape index (κ1) is 18.4. The van der Waals surface area contributed by atoms with Crippen molar-refractivity contribution in [1.29, 1.82) is 0 Å². The van der Waals surface area contributed by atoms with Gasteiger partial charge in [0.2, 0.25) is 10.0 Å². The lowest BCUT2D eigenvalue weighted by Crippen LogP contribution is -2.51. The summed E-state index contributed by atoms with van der Waals surface area (Å²) in [7, 11) is -3.18. The molecule has 0 radical (unpaired) electrons. The number of sulfonamides is 1. The molecule has 4 nitrogen and oxygen atoms in total. The fourth-order valence-electron chi connectivity index (χ4n) is 2.94. The number of aryl methyl sites for hydroxylation is 1. The Morgan fingerprint density at radius 3 is 2.65 bits per heavy atom. The summed E-state index contributed by atoms with van der Waals surface area (Å²) in [5.74, 6) is 0.0442. The third-order valence-corrected chi connectivity index (χ3v) is 6.87. The molecule has 0 saturated carbocycles. The summed E-state index contributed by atoms with van der Waals surface area (Å²) in [4.78, 5) is 0. The Bertz CT molecular complexity index is 646. The zero-order valence-electron chi connectivity index (χ0n) is 14.3. The van der Waals surface area contributed by atoms with Crippen LogP contribution in [0.2, 0.25) is 0 Å². The molecule has 1 aromatic carbocycles. The number of nitrogens with zero attached hydrogens (tertiary/aromatic N) is 1. The quantitative estimate of drug-likeness (QED) is 0.895. The summed E-state index contributed by atoms with van der Waals surface area (Å²) in [6.07, 6.45) is 0.779. The van der Waals surface area contributed by atoms with Gasteiger partial charge in [-0.25, -0.2) is 17.1 Å². The minimum absolute atomic E-state index is 0.185. The lowest BCUT2D eigenvalue weighted by molar-refractivity contribution is 0.218. The molecule has 0 aromatic heterocycles. The van der Waals surface area contributed by atoms with Gasteiger partial charge in [-0.1, -0.05) is 19.1 Å². The highest BCUT2D eigenvalue weighted by Gasteiger charge is 2.33. The van der Waals surface area contributed by atoms with E-state index in [2.05, 4.69) is 12.2 Å². The summed E-state index contributed by atoms with van der Waals surface area (Å²) in [6, 6.07) is 5.52. The summed E-state index contributed by atoms with van der Waals surface area (Å²) >= 11 is 0. The Labute approximate surface area is 139 Å². The molecule has 0 spiro atoms. The van der Waals surface area contributed by atoms with Crippen LogP contribution in [-0.4, -0.2) is 37.1 Å². The Morgan fingerprint density at radius 2 is 2.09 bits per heavy atom. The van der Waals surface area contributed by atoms with Gasteiger partial charge < -0.3 is 5.32 Å². The zero-order valence-corrected chi connectivity index (χ0v) is 15.2. The Balaban J connectivity index is 1.93. The van der Waals surface area contributed by atoms with Gasteiger partial charge in [0.05, 0.1) is 5.25 Å². The molecule has 1 aliphatic rings. The van der Waals surface area contributed by atoms with Gasteiger partial charge in [0.15, 0.2) is 0 Å². The summed E-state index contributed by atoms with van der Waals surface area (Å²) in [5, 5.41) is 3.07. The second-order valence-electron chi connectivity index (χ2n) is 6.79. The molecule has 130 valence electrons. The predicted octanol–water partition coefficient (Wildman–Crippen LogP) is 2.67. The van der Waals surface area contributed by atoms with Crippen molar-refractivity contribution in [3.63, 3.8) is 0 Å². The van der Waals surface area contributed by atoms with E-state index in [1.54, 1.807) is 37.2 Å². The molecule has 23 heavy (non-hydrogen) atoms. The predicted molar refractivity (Wildman–Crippen MR) is 91.2 cm³/mol. The molecule has 0 aliphatic carbocycles. The van der Waals surface area contributed by atoms with Gasteiger partial charge in [-0.2, -0.15) is 0 Å².